The first-order valence-electron chi connectivity index (χ1n) is 5.44. The Labute approximate surface area is 111 Å². The van der Waals surface area contributed by atoms with Crippen LogP contribution in [0.2, 0.25) is 0 Å². The Hall–Kier alpha value is -0.880. The highest BCUT2D eigenvalue weighted by Gasteiger charge is 2.07. The van der Waals surface area contributed by atoms with Crippen molar-refractivity contribution >= 4 is 27.4 Å². The lowest BCUT2D eigenvalue weighted by Crippen LogP contribution is -2.07. The van der Waals surface area contributed by atoms with Crippen molar-refractivity contribution in [2.45, 2.75) is 17.7 Å². The van der Waals surface area contributed by atoms with E-state index in [2.05, 4.69) is 0 Å². The molecule has 1 aromatic rings. The second kappa shape index (κ2) is 6.89. The number of halogens is 1. The lowest BCUT2D eigenvalue weighted by atomic mass is 10.2. The van der Waals surface area contributed by atoms with Crippen LogP contribution >= 0.6 is 11.8 Å². The molecule has 0 N–H and O–H groups in total. The molecule has 0 radical (unpaired) electrons. The molecule has 0 aliphatic heterocycles. The summed E-state index contributed by atoms with van der Waals surface area (Å²) >= 11 is 1.26. The third kappa shape index (κ3) is 6.76. The van der Waals surface area contributed by atoms with Crippen LogP contribution in [0.4, 0.5) is 4.39 Å². The summed E-state index contributed by atoms with van der Waals surface area (Å²) in [6.45, 7) is 0. The third-order valence-corrected chi connectivity index (χ3v) is 4.25. The van der Waals surface area contributed by atoms with Gasteiger partial charge in [0.15, 0.2) is 0 Å². The average Bonchev–Trinajstić information content (AvgIpc) is 2.25. The van der Waals surface area contributed by atoms with Gasteiger partial charge in [0.1, 0.15) is 21.4 Å². The zero-order valence-electron chi connectivity index (χ0n) is 10.1. The minimum atomic E-state index is -3.00. The first-order chi connectivity index (χ1) is 8.37. The summed E-state index contributed by atoms with van der Waals surface area (Å²) in [5, 5.41) is 0. The zero-order valence-corrected chi connectivity index (χ0v) is 11.7. The van der Waals surface area contributed by atoms with Crippen molar-refractivity contribution in [1.82, 2.24) is 0 Å². The maximum Gasteiger partial charge on any atom is 0.147 e. The number of thioether (sulfide) groups is 1. The molecule has 0 heterocycles. The molecule has 0 bridgehead atoms. The minimum Gasteiger partial charge on any atom is -0.299 e. The lowest BCUT2D eigenvalue weighted by molar-refractivity contribution is -0.116. The number of hydrogen-bond donors (Lipinski definition) is 0. The maximum absolute atomic E-state index is 12.9. The van der Waals surface area contributed by atoms with Crippen molar-refractivity contribution in [2.75, 3.05) is 17.8 Å². The largest absolute Gasteiger partial charge is 0.299 e. The van der Waals surface area contributed by atoms with Crippen LogP contribution in [0.5, 0.6) is 0 Å². The first kappa shape index (κ1) is 15.2. The number of ketones is 1. The Morgan fingerprint density at radius 3 is 2.72 bits per heavy atom. The molecule has 6 heteroatoms. The summed E-state index contributed by atoms with van der Waals surface area (Å²) in [7, 11) is -3.00. The highest BCUT2D eigenvalue weighted by molar-refractivity contribution is 8.00. The van der Waals surface area contributed by atoms with E-state index in [-0.39, 0.29) is 29.5 Å². The zero-order chi connectivity index (χ0) is 13.6. The van der Waals surface area contributed by atoms with Gasteiger partial charge in [-0.05, 0) is 24.6 Å². The highest BCUT2D eigenvalue weighted by atomic mass is 32.2. The molecule has 0 aliphatic carbocycles. The number of carbonyl (C=O) groups excluding carboxylic acids is 1. The Morgan fingerprint density at radius 1 is 1.39 bits per heavy atom. The van der Waals surface area contributed by atoms with E-state index in [4.69, 9.17) is 0 Å². The van der Waals surface area contributed by atoms with Crippen molar-refractivity contribution in [3.05, 3.63) is 30.1 Å². The van der Waals surface area contributed by atoms with E-state index in [1.54, 1.807) is 12.1 Å². The molecule has 0 aliphatic rings. The number of carbonyl (C=O) groups is 1. The fourth-order valence-corrected chi connectivity index (χ4v) is 2.84. The second-order valence-electron chi connectivity index (χ2n) is 4.02. The predicted molar refractivity (Wildman–Crippen MR) is 71.1 cm³/mol. The van der Waals surface area contributed by atoms with E-state index in [9.17, 15) is 17.6 Å². The van der Waals surface area contributed by atoms with Gasteiger partial charge >= 0.3 is 0 Å². The van der Waals surface area contributed by atoms with Crippen LogP contribution in [0.15, 0.2) is 29.2 Å². The maximum atomic E-state index is 12.9. The molecule has 0 atom stereocenters. The van der Waals surface area contributed by atoms with Crippen molar-refractivity contribution in [3.8, 4) is 0 Å². The minimum absolute atomic E-state index is 0.0205. The molecule has 1 rings (SSSR count). The smallest absolute Gasteiger partial charge is 0.147 e. The Balaban J connectivity index is 2.29. The van der Waals surface area contributed by atoms with E-state index in [0.29, 0.717) is 11.3 Å². The van der Waals surface area contributed by atoms with Crippen LogP contribution in [0.3, 0.4) is 0 Å². The summed E-state index contributed by atoms with van der Waals surface area (Å²) in [5.74, 6) is -0.0752. The molecule has 0 spiro atoms. The molecular weight excluding hydrogens is 275 g/mol. The summed E-state index contributed by atoms with van der Waals surface area (Å²) in [5.41, 5.74) is 0. The topological polar surface area (TPSA) is 51.2 Å². The van der Waals surface area contributed by atoms with Crippen LogP contribution in [0.1, 0.15) is 12.8 Å². The molecule has 0 fully saturated rings. The molecule has 100 valence electrons. The third-order valence-electron chi connectivity index (χ3n) is 2.17. The van der Waals surface area contributed by atoms with E-state index >= 15 is 0 Å². The highest BCUT2D eigenvalue weighted by Crippen LogP contribution is 2.19. The van der Waals surface area contributed by atoms with E-state index in [1.807, 2.05) is 0 Å². The average molecular weight is 290 g/mol. The van der Waals surface area contributed by atoms with Gasteiger partial charge in [0.05, 0.1) is 11.5 Å². The van der Waals surface area contributed by atoms with Gasteiger partial charge in [-0.1, -0.05) is 6.07 Å². The summed E-state index contributed by atoms with van der Waals surface area (Å²) in [6, 6.07) is 6.04. The number of sulfone groups is 1. The van der Waals surface area contributed by atoms with Crippen molar-refractivity contribution < 1.29 is 17.6 Å². The molecular formula is C12H15FO3S2. The number of Topliss-reactive ketones (excluding diaryl/α,β-unsaturated/α-hetero) is 1. The van der Waals surface area contributed by atoms with E-state index in [0.717, 1.165) is 6.26 Å². The summed E-state index contributed by atoms with van der Waals surface area (Å²) < 4.78 is 34.6. The molecule has 0 aromatic heterocycles. The first-order valence-corrected chi connectivity index (χ1v) is 8.49. The van der Waals surface area contributed by atoms with Crippen LogP contribution in [-0.4, -0.2) is 32.0 Å². The quantitative estimate of drug-likeness (QED) is 0.723. The fourth-order valence-electron chi connectivity index (χ4n) is 1.32. The van der Waals surface area contributed by atoms with Crippen LogP contribution in [-0.2, 0) is 14.6 Å². The molecule has 0 unspecified atom stereocenters. The van der Waals surface area contributed by atoms with Gasteiger partial charge < -0.3 is 0 Å². The monoisotopic (exact) mass is 290 g/mol. The van der Waals surface area contributed by atoms with Crippen LogP contribution < -0.4 is 0 Å². The van der Waals surface area contributed by atoms with Crippen molar-refractivity contribution in [2.24, 2.45) is 0 Å². The molecule has 1 aromatic carbocycles. The molecule has 3 nitrogen and oxygen atoms in total. The number of rotatable bonds is 7. The number of hydrogen-bond acceptors (Lipinski definition) is 4. The van der Waals surface area contributed by atoms with Crippen LogP contribution in [0, 0.1) is 5.82 Å². The van der Waals surface area contributed by atoms with Gasteiger partial charge in [-0.3, -0.25) is 4.79 Å². The van der Waals surface area contributed by atoms with Crippen molar-refractivity contribution in [3.63, 3.8) is 0 Å². The van der Waals surface area contributed by atoms with Gasteiger partial charge in [-0.2, -0.15) is 0 Å². The van der Waals surface area contributed by atoms with E-state index < -0.39 is 9.84 Å². The normalized spacial score (nSPS) is 11.4. The van der Waals surface area contributed by atoms with E-state index in [1.165, 1.54) is 23.9 Å². The second-order valence-corrected chi connectivity index (χ2v) is 7.33. The SMILES string of the molecule is CS(=O)(=O)CCCC(=O)CSc1cccc(F)c1. The predicted octanol–water partition coefficient (Wildman–Crippen LogP) is 2.31. The van der Waals surface area contributed by atoms with Gasteiger partial charge in [-0.25, -0.2) is 12.8 Å². The number of benzene rings is 1. The molecule has 18 heavy (non-hydrogen) atoms. The van der Waals surface area contributed by atoms with Crippen LogP contribution in [0.25, 0.3) is 0 Å². The van der Waals surface area contributed by atoms with Crippen molar-refractivity contribution in [1.29, 1.82) is 0 Å². The Morgan fingerprint density at radius 2 is 2.11 bits per heavy atom. The lowest BCUT2D eigenvalue weighted by Gasteiger charge is -2.01. The Bertz CT molecular complexity index is 512. The fraction of sp³-hybridized carbons (Fsp3) is 0.417. The summed E-state index contributed by atoms with van der Waals surface area (Å²) in [4.78, 5) is 12.2. The van der Waals surface area contributed by atoms with Gasteiger partial charge in [0, 0.05) is 17.6 Å². The molecule has 0 saturated heterocycles. The van der Waals surface area contributed by atoms with Gasteiger partial charge in [0.2, 0.25) is 0 Å². The standard InChI is InChI=1S/C12H15FO3S2/c1-18(15,16)7-3-5-11(14)9-17-12-6-2-4-10(13)8-12/h2,4,6,8H,3,5,7,9H2,1H3. The summed E-state index contributed by atoms with van der Waals surface area (Å²) in [6.07, 6.45) is 1.75. The van der Waals surface area contributed by atoms with Gasteiger partial charge in [0.25, 0.3) is 0 Å². The molecule has 0 amide bonds. The Kier molecular flexibility index (Phi) is 5.81. The van der Waals surface area contributed by atoms with Gasteiger partial charge in [-0.15, -0.1) is 11.8 Å². The molecule has 0 saturated carbocycles.